The molecule has 1 saturated heterocycles. The van der Waals surface area contributed by atoms with Gasteiger partial charge in [0.15, 0.2) is 0 Å². The van der Waals surface area contributed by atoms with E-state index in [1.807, 2.05) is 0 Å². The van der Waals surface area contributed by atoms with Gasteiger partial charge in [0.25, 0.3) is 0 Å². The van der Waals surface area contributed by atoms with E-state index in [0.29, 0.717) is 0 Å². The minimum Gasteiger partial charge on any atom is -0.311 e. The molecule has 98 valence electrons. The van der Waals surface area contributed by atoms with Crippen molar-refractivity contribution in [3.8, 4) is 0 Å². The Morgan fingerprint density at radius 3 is 2.59 bits per heavy atom. The molecule has 2 heteroatoms. The number of nitrogens with zero attached hydrogens (tertiary/aromatic N) is 1. The summed E-state index contributed by atoms with van der Waals surface area (Å²) in [6.45, 7) is 6.28. The highest BCUT2D eigenvalue weighted by atomic mass is 15.2. The summed E-state index contributed by atoms with van der Waals surface area (Å²) in [7, 11) is 0. The summed E-state index contributed by atoms with van der Waals surface area (Å²) < 4.78 is 0. The van der Waals surface area contributed by atoms with Crippen molar-refractivity contribution in [1.29, 1.82) is 0 Å². The van der Waals surface area contributed by atoms with Gasteiger partial charge in [-0.1, -0.05) is 26.2 Å². The minimum atomic E-state index is 0.772. The van der Waals surface area contributed by atoms with Crippen molar-refractivity contribution in [3.63, 3.8) is 0 Å². The Labute approximate surface area is 106 Å². The maximum atomic E-state index is 3.78. The highest BCUT2D eigenvalue weighted by Crippen LogP contribution is 2.38. The molecule has 0 amide bonds. The molecular weight excluding hydrogens is 208 g/mol. The normalized spacial score (nSPS) is 35.1. The lowest BCUT2D eigenvalue weighted by Gasteiger charge is -2.41. The Kier molecular flexibility index (Phi) is 3.72. The van der Waals surface area contributed by atoms with E-state index in [1.54, 1.807) is 0 Å². The van der Waals surface area contributed by atoms with Gasteiger partial charge < -0.3 is 5.32 Å². The van der Waals surface area contributed by atoms with Crippen molar-refractivity contribution < 1.29 is 0 Å². The van der Waals surface area contributed by atoms with Gasteiger partial charge in [-0.3, -0.25) is 4.90 Å². The van der Waals surface area contributed by atoms with Crippen LogP contribution >= 0.6 is 0 Å². The first-order valence-corrected chi connectivity index (χ1v) is 7.84. The molecule has 1 heterocycles. The van der Waals surface area contributed by atoms with Gasteiger partial charge in [0.1, 0.15) is 0 Å². The molecule has 1 N–H and O–H groups in total. The third kappa shape index (κ3) is 3.23. The second kappa shape index (κ2) is 5.27. The van der Waals surface area contributed by atoms with Crippen molar-refractivity contribution in [2.45, 2.75) is 64.0 Å². The van der Waals surface area contributed by atoms with Crippen LogP contribution in [0.15, 0.2) is 0 Å². The lowest BCUT2D eigenvalue weighted by molar-refractivity contribution is 0.108. The first-order chi connectivity index (χ1) is 8.36. The SMILES string of the molecule is CCCC1CN(CCC2CC2)C(C2CC2)CN1. The lowest BCUT2D eigenvalue weighted by atomic mass is 10.0. The van der Waals surface area contributed by atoms with Crippen molar-refractivity contribution in [2.24, 2.45) is 11.8 Å². The summed E-state index contributed by atoms with van der Waals surface area (Å²) in [5.41, 5.74) is 0. The van der Waals surface area contributed by atoms with E-state index in [-0.39, 0.29) is 0 Å². The summed E-state index contributed by atoms with van der Waals surface area (Å²) in [6.07, 6.45) is 10.2. The summed E-state index contributed by atoms with van der Waals surface area (Å²) in [5.74, 6) is 2.12. The van der Waals surface area contributed by atoms with Gasteiger partial charge in [0, 0.05) is 25.2 Å². The molecule has 1 aliphatic heterocycles. The van der Waals surface area contributed by atoms with Crippen molar-refractivity contribution in [1.82, 2.24) is 10.2 Å². The largest absolute Gasteiger partial charge is 0.311 e. The number of piperazine rings is 1. The van der Waals surface area contributed by atoms with E-state index in [4.69, 9.17) is 0 Å². The highest BCUT2D eigenvalue weighted by molar-refractivity contribution is 4.95. The lowest BCUT2D eigenvalue weighted by Crippen LogP contribution is -2.57. The quantitative estimate of drug-likeness (QED) is 0.763. The molecule has 0 aromatic carbocycles. The summed E-state index contributed by atoms with van der Waals surface area (Å²) in [5, 5.41) is 3.78. The summed E-state index contributed by atoms with van der Waals surface area (Å²) in [4.78, 5) is 2.84. The van der Waals surface area contributed by atoms with Gasteiger partial charge in [0.05, 0.1) is 0 Å². The standard InChI is InChI=1S/C15H28N2/c1-2-3-14-11-17(9-8-12-4-5-12)15(10-16-14)13-6-7-13/h12-16H,2-11H2,1H3. The predicted octanol–water partition coefficient (Wildman–Crippen LogP) is 2.64. The summed E-state index contributed by atoms with van der Waals surface area (Å²) in [6, 6.07) is 1.65. The minimum absolute atomic E-state index is 0.772. The molecule has 2 nitrogen and oxygen atoms in total. The van der Waals surface area contributed by atoms with Gasteiger partial charge in [-0.05, 0) is 44.1 Å². The molecule has 2 aliphatic carbocycles. The van der Waals surface area contributed by atoms with Crippen LogP contribution in [0.4, 0.5) is 0 Å². The van der Waals surface area contributed by atoms with Gasteiger partial charge in [0.2, 0.25) is 0 Å². The van der Waals surface area contributed by atoms with E-state index in [9.17, 15) is 0 Å². The Bertz CT molecular complexity index is 245. The zero-order valence-corrected chi connectivity index (χ0v) is 11.3. The summed E-state index contributed by atoms with van der Waals surface area (Å²) >= 11 is 0. The van der Waals surface area contributed by atoms with E-state index in [2.05, 4.69) is 17.1 Å². The molecule has 17 heavy (non-hydrogen) atoms. The molecular formula is C15H28N2. The Hall–Kier alpha value is -0.0800. The molecule has 3 fully saturated rings. The monoisotopic (exact) mass is 236 g/mol. The van der Waals surface area contributed by atoms with Crippen LogP contribution < -0.4 is 5.32 Å². The molecule has 2 atom stereocenters. The highest BCUT2D eigenvalue weighted by Gasteiger charge is 2.38. The van der Waals surface area contributed by atoms with Crippen LogP contribution in [0.5, 0.6) is 0 Å². The smallest absolute Gasteiger partial charge is 0.0249 e. The van der Waals surface area contributed by atoms with E-state index in [1.165, 1.54) is 64.6 Å². The van der Waals surface area contributed by atoms with Crippen LogP contribution in [0.2, 0.25) is 0 Å². The van der Waals surface area contributed by atoms with Crippen LogP contribution in [0.25, 0.3) is 0 Å². The molecule has 2 saturated carbocycles. The molecule has 0 spiro atoms. The van der Waals surface area contributed by atoms with E-state index in [0.717, 1.165) is 23.9 Å². The van der Waals surface area contributed by atoms with Gasteiger partial charge in [-0.2, -0.15) is 0 Å². The fraction of sp³-hybridized carbons (Fsp3) is 1.00. The number of hydrogen-bond donors (Lipinski definition) is 1. The zero-order valence-electron chi connectivity index (χ0n) is 11.3. The molecule has 0 aromatic rings. The third-order valence-electron chi connectivity index (χ3n) is 4.86. The molecule has 0 aromatic heterocycles. The molecule has 2 unspecified atom stereocenters. The van der Waals surface area contributed by atoms with Crippen LogP contribution in [0.3, 0.4) is 0 Å². The fourth-order valence-electron chi connectivity index (χ4n) is 3.40. The van der Waals surface area contributed by atoms with Crippen LogP contribution in [-0.2, 0) is 0 Å². The van der Waals surface area contributed by atoms with Crippen molar-refractivity contribution in [3.05, 3.63) is 0 Å². The topological polar surface area (TPSA) is 15.3 Å². The first kappa shape index (κ1) is 12.0. The molecule has 0 radical (unpaired) electrons. The second-order valence-corrected chi connectivity index (χ2v) is 6.53. The third-order valence-corrected chi connectivity index (χ3v) is 4.86. The van der Waals surface area contributed by atoms with E-state index < -0.39 is 0 Å². The van der Waals surface area contributed by atoms with Gasteiger partial charge in [-0.15, -0.1) is 0 Å². The number of nitrogens with one attached hydrogen (secondary N) is 1. The van der Waals surface area contributed by atoms with Crippen LogP contribution in [0.1, 0.15) is 51.9 Å². The molecule has 3 rings (SSSR count). The van der Waals surface area contributed by atoms with Crippen LogP contribution in [0, 0.1) is 11.8 Å². The number of rotatable bonds is 6. The Balaban J connectivity index is 1.52. The number of hydrogen-bond acceptors (Lipinski definition) is 2. The molecule has 0 bridgehead atoms. The van der Waals surface area contributed by atoms with Crippen molar-refractivity contribution in [2.75, 3.05) is 19.6 Å². The van der Waals surface area contributed by atoms with Crippen molar-refractivity contribution >= 4 is 0 Å². The maximum Gasteiger partial charge on any atom is 0.0249 e. The average Bonchev–Trinajstić information content (AvgIpc) is 3.19. The van der Waals surface area contributed by atoms with Gasteiger partial charge in [-0.25, -0.2) is 0 Å². The fourth-order valence-corrected chi connectivity index (χ4v) is 3.40. The average molecular weight is 236 g/mol. The predicted molar refractivity (Wildman–Crippen MR) is 72.1 cm³/mol. The Morgan fingerprint density at radius 2 is 1.94 bits per heavy atom. The van der Waals surface area contributed by atoms with Gasteiger partial charge >= 0.3 is 0 Å². The van der Waals surface area contributed by atoms with E-state index >= 15 is 0 Å². The van der Waals surface area contributed by atoms with Crippen LogP contribution in [-0.4, -0.2) is 36.6 Å². The first-order valence-electron chi connectivity index (χ1n) is 7.84. The zero-order chi connectivity index (χ0) is 11.7. The Morgan fingerprint density at radius 1 is 1.12 bits per heavy atom. The molecule has 3 aliphatic rings. The maximum absolute atomic E-state index is 3.78. The second-order valence-electron chi connectivity index (χ2n) is 6.53.